The van der Waals surface area contributed by atoms with Crippen LogP contribution in [0.4, 0.5) is 27.7 Å². The van der Waals surface area contributed by atoms with Gasteiger partial charge in [-0.3, -0.25) is 14.9 Å². The fourth-order valence-corrected chi connectivity index (χ4v) is 3.28. The van der Waals surface area contributed by atoms with Crippen LogP contribution >= 0.6 is 11.6 Å². The highest BCUT2D eigenvalue weighted by Gasteiger charge is 2.13. The monoisotopic (exact) mass is 466 g/mol. The molecule has 0 saturated heterocycles. The zero-order valence-electron chi connectivity index (χ0n) is 18.0. The number of aromatic amines is 1. The maximum absolute atomic E-state index is 14.9. The summed E-state index contributed by atoms with van der Waals surface area (Å²) >= 11 is 6.18. The van der Waals surface area contributed by atoms with E-state index in [9.17, 15) is 9.18 Å². The van der Waals surface area contributed by atoms with Crippen LogP contribution in [-0.4, -0.2) is 38.1 Å². The normalized spacial score (nSPS) is 10.7. The molecule has 0 aliphatic carbocycles. The molecule has 4 aromatic rings. The van der Waals surface area contributed by atoms with Gasteiger partial charge in [-0.1, -0.05) is 17.7 Å². The van der Waals surface area contributed by atoms with Crippen molar-refractivity contribution in [2.45, 2.75) is 13.8 Å². The zero-order chi connectivity index (χ0) is 23.5. The number of nitrogens with zero attached hydrogens (tertiary/aromatic N) is 4. The Morgan fingerprint density at radius 3 is 2.58 bits per heavy atom. The number of carbonyl (C=O) groups is 1. The summed E-state index contributed by atoms with van der Waals surface area (Å²) in [7, 11) is 1.53. The highest BCUT2D eigenvalue weighted by Crippen LogP contribution is 2.30. The second-order valence-corrected chi connectivity index (χ2v) is 7.64. The van der Waals surface area contributed by atoms with Crippen LogP contribution < -0.4 is 16.0 Å². The summed E-state index contributed by atoms with van der Waals surface area (Å²) in [6.07, 6.45) is 2.95. The van der Waals surface area contributed by atoms with Crippen molar-refractivity contribution in [2.75, 3.05) is 17.7 Å². The van der Waals surface area contributed by atoms with E-state index in [1.54, 1.807) is 24.3 Å². The van der Waals surface area contributed by atoms with Crippen molar-refractivity contribution >= 4 is 40.8 Å². The van der Waals surface area contributed by atoms with Crippen molar-refractivity contribution in [3.05, 3.63) is 70.5 Å². The molecular weight excluding hydrogens is 447 g/mol. The Hall–Kier alpha value is -4.05. The molecule has 0 fully saturated rings. The van der Waals surface area contributed by atoms with Crippen molar-refractivity contribution < 1.29 is 9.18 Å². The molecule has 0 atom stereocenters. The molecule has 3 aromatic heterocycles. The Kier molecular flexibility index (Phi) is 6.18. The highest BCUT2D eigenvalue weighted by atomic mass is 35.5. The van der Waals surface area contributed by atoms with E-state index in [-0.39, 0.29) is 23.2 Å². The van der Waals surface area contributed by atoms with Crippen LogP contribution in [0.2, 0.25) is 5.02 Å². The first-order chi connectivity index (χ1) is 15.8. The van der Waals surface area contributed by atoms with E-state index in [4.69, 9.17) is 11.6 Å². The lowest BCUT2D eigenvalue weighted by molar-refractivity contribution is 0.0958. The molecule has 33 heavy (non-hydrogen) atoms. The number of carbonyl (C=O) groups excluding carboxylic acids is 1. The van der Waals surface area contributed by atoms with Crippen molar-refractivity contribution in [1.29, 1.82) is 0 Å². The molecule has 4 N–H and O–H groups in total. The van der Waals surface area contributed by atoms with Gasteiger partial charge in [-0.2, -0.15) is 10.1 Å². The lowest BCUT2D eigenvalue weighted by Gasteiger charge is -2.13. The van der Waals surface area contributed by atoms with E-state index in [1.807, 2.05) is 13.8 Å². The number of hydrogen-bond acceptors (Lipinski definition) is 7. The average molecular weight is 467 g/mol. The van der Waals surface area contributed by atoms with E-state index in [0.717, 1.165) is 11.3 Å². The minimum Gasteiger partial charge on any atom is -0.354 e. The third kappa shape index (κ3) is 4.90. The van der Waals surface area contributed by atoms with E-state index in [0.29, 0.717) is 27.8 Å². The molecule has 3 heterocycles. The number of aromatic nitrogens is 5. The number of benzene rings is 1. The number of amides is 1. The van der Waals surface area contributed by atoms with Gasteiger partial charge in [-0.25, -0.2) is 9.37 Å². The van der Waals surface area contributed by atoms with Crippen LogP contribution in [0.1, 0.15) is 21.7 Å². The van der Waals surface area contributed by atoms with Gasteiger partial charge >= 0.3 is 0 Å². The SMILES string of the molecule is CNC(=O)c1ccc(-c2cc(F)c(Nc3ncc(Cl)c(Nc4cc(C)[nH]n4)n3)cc2C)cn1. The van der Waals surface area contributed by atoms with Gasteiger partial charge in [0.15, 0.2) is 11.6 Å². The molecule has 0 radical (unpaired) electrons. The molecular formula is C22H20ClFN8O. The van der Waals surface area contributed by atoms with E-state index < -0.39 is 5.82 Å². The third-order valence-corrected chi connectivity index (χ3v) is 5.07. The highest BCUT2D eigenvalue weighted by molar-refractivity contribution is 6.32. The summed E-state index contributed by atoms with van der Waals surface area (Å²) in [6, 6.07) is 8.16. The molecule has 1 aromatic carbocycles. The van der Waals surface area contributed by atoms with Crippen LogP contribution in [0.15, 0.2) is 42.7 Å². The summed E-state index contributed by atoms with van der Waals surface area (Å²) in [5, 5.41) is 15.6. The number of anilines is 4. The molecule has 9 nitrogen and oxygen atoms in total. The van der Waals surface area contributed by atoms with Gasteiger partial charge in [-0.15, -0.1) is 0 Å². The second-order valence-electron chi connectivity index (χ2n) is 7.23. The fraction of sp³-hybridized carbons (Fsp3) is 0.136. The minimum absolute atomic E-state index is 0.164. The van der Waals surface area contributed by atoms with Crippen LogP contribution in [0, 0.1) is 19.7 Å². The number of aryl methyl sites for hydroxylation is 2. The fourth-order valence-electron chi connectivity index (χ4n) is 3.14. The number of rotatable bonds is 6. The first-order valence-electron chi connectivity index (χ1n) is 9.91. The van der Waals surface area contributed by atoms with Crippen LogP contribution in [0.25, 0.3) is 11.1 Å². The van der Waals surface area contributed by atoms with Gasteiger partial charge in [0.2, 0.25) is 5.95 Å². The van der Waals surface area contributed by atoms with Gasteiger partial charge in [-0.05, 0) is 43.2 Å². The number of H-pyrrole nitrogens is 1. The Bertz CT molecular complexity index is 1320. The molecule has 0 aliphatic heterocycles. The Balaban J connectivity index is 1.57. The number of halogens is 2. The molecule has 0 spiro atoms. The maximum atomic E-state index is 14.9. The second kappa shape index (κ2) is 9.21. The van der Waals surface area contributed by atoms with Crippen LogP contribution in [0.3, 0.4) is 0 Å². The van der Waals surface area contributed by atoms with E-state index in [2.05, 4.69) is 41.1 Å². The number of pyridine rings is 1. The standard InChI is InChI=1S/C22H20ClFN8O/c1-11-6-18(16(24)8-14(11)13-4-5-17(26-9-13)21(33)25-3)28-22-27-10-15(23)20(30-22)29-19-7-12(2)31-32-19/h4-10H,1-3H3,(H,25,33)(H3,27,28,29,30,31,32). The molecule has 168 valence electrons. The molecule has 0 bridgehead atoms. The van der Waals surface area contributed by atoms with Gasteiger partial charge in [0, 0.05) is 30.6 Å². The van der Waals surface area contributed by atoms with Crippen LogP contribution in [0.5, 0.6) is 0 Å². The van der Waals surface area contributed by atoms with Crippen molar-refractivity contribution in [3.63, 3.8) is 0 Å². The number of nitrogens with one attached hydrogen (secondary N) is 4. The largest absolute Gasteiger partial charge is 0.354 e. The minimum atomic E-state index is -0.498. The summed E-state index contributed by atoms with van der Waals surface area (Å²) in [5.41, 5.74) is 3.50. The molecule has 0 unspecified atom stereocenters. The van der Waals surface area contributed by atoms with E-state index >= 15 is 0 Å². The lowest BCUT2D eigenvalue weighted by Crippen LogP contribution is -2.18. The summed E-state index contributed by atoms with van der Waals surface area (Å²) in [5.74, 6) is 0.250. The third-order valence-electron chi connectivity index (χ3n) is 4.79. The Morgan fingerprint density at radius 2 is 1.91 bits per heavy atom. The van der Waals surface area contributed by atoms with Crippen molar-refractivity contribution in [1.82, 2.24) is 30.5 Å². The van der Waals surface area contributed by atoms with Crippen molar-refractivity contribution in [2.24, 2.45) is 0 Å². The predicted molar refractivity (Wildman–Crippen MR) is 125 cm³/mol. The Labute approximate surface area is 193 Å². The summed E-state index contributed by atoms with van der Waals surface area (Å²) in [6.45, 7) is 3.72. The molecule has 1 amide bonds. The zero-order valence-corrected chi connectivity index (χ0v) is 18.8. The first-order valence-corrected chi connectivity index (χ1v) is 10.3. The van der Waals surface area contributed by atoms with Gasteiger partial charge in [0.25, 0.3) is 5.91 Å². The maximum Gasteiger partial charge on any atom is 0.269 e. The van der Waals surface area contributed by atoms with Gasteiger partial charge in [0.05, 0.1) is 11.9 Å². The average Bonchev–Trinajstić information content (AvgIpc) is 3.22. The van der Waals surface area contributed by atoms with Gasteiger partial charge in [0.1, 0.15) is 16.5 Å². The summed E-state index contributed by atoms with van der Waals surface area (Å²) in [4.78, 5) is 24.3. The molecule has 0 aliphatic rings. The van der Waals surface area contributed by atoms with Crippen molar-refractivity contribution in [3.8, 4) is 11.1 Å². The quantitative estimate of drug-likeness (QED) is 0.329. The van der Waals surface area contributed by atoms with Gasteiger partial charge < -0.3 is 16.0 Å². The predicted octanol–water partition coefficient (Wildman–Crippen LogP) is 4.52. The number of hydrogen-bond donors (Lipinski definition) is 4. The Morgan fingerprint density at radius 1 is 1.09 bits per heavy atom. The first kappa shape index (κ1) is 22.2. The lowest BCUT2D eigenvalue weighted by atomic mass is 10.0. The molecule has 4 rings (SSSR count). The van der Waals surface area contributed by atoms with Crippen LogP contribution in [-0.2, 0) is 0 Å². The molecule has 0 saturated carbocycles. The topological polar surface area (TPSA) is 121 Å². The smallest absolute Gasteiger partial charge is 0.269 e. The molecule has 11 heteroatoms. The summed E-state index contributed by atoms with van der Waals surface area (Å²) < 4.78 is 14.9. The van der Waals surface area contributed by atoms with E-state index in [1.165, 1.54) is 25.5 Å².